The number of nitrogens with zero attached hydrogens (tertiary/aromatic N) is 2. The minimum Gasteiger partial charge on any atom is -0.724 e. The van der Waals surface area contributed by atoms with E-state index in [-0.39, 0.29) is 0 Å². The molecule has 4 rings (SSSR count). The summed E-state index contributed by atoms with van der Waals surface area (Å²) in [6.07, 6.45) is 1.00. The van der Waals surface area contributed by atoms with Gasteiger partial charge in [-0.15, -0.1) is 0 Å². The second-order valence-electron chi connectivity index (χ2n) is 4.93. The molecule has 0 radical (unpaired) electrons. The number of fused-ring (bicyclic) bond motifs is 3. The highest BCUT2D eigenvalue weighted by molar-refractivity contribution is 6.04. The Bertz CT molecular complexity index is 903. The van der Waals surface area contributed by atoms with Crippen LogP contribution in [0.2, 0.25) is 0 Å². The lowest BCUT2D eigenvalue weighted by molar-refractivity contribution is 0.568. The summed E-state index contributed by atoms with van der Waals surface area (Å²) in [5, 5.41) is 21.4. The summed E-state index contributed by atoms with van der Waals surface area (Å²) in [5.41, 5.74) is 0. The molecule has 4 nitrogen and oxygen atoms in total. The molecule has 4 aromatic carbocycles. The molecular weight excluding hydrogens is 300 g/mol. The highest BCUT2D eigenvalue weighted by Crippen LogP contribution is 2.27. The van der Waals surface area contributed by atoms with Crippen LogP contribution in [-0.2, 0) is 9.59 Å². The summed E-state index contributed by atoms with van der Waals surface area (Å²) in [4.78, 5) is 16.5. The molecule has 0 fully saturated rings. The van der Waals surface area contributed by atoms with Crippen LogP contribution >= 0.6 is 0 Å². The topological polar surface area (TPSA) is 78.7 Å². The first kappa shape index (κ1) is 16.8. The van der Waals surface area contributed by atoms with Gasteiger partial charge < -0.3 is 10.8 Å². The van der Waals surface area contributed by atoms with E-state index >= 15 is 0 Å². The zero-order chi connectivity index (χ0) is 17.4. The first-order valence-electron chi connectivity index (χ1n) is 7.07. The number of hydrogen-bond donors (Lipinski definition) is 0. The molecule has 0 atom stereocenters. The molecule has 0 saturated heterocycles. The standard InChI is InChI=1S/C18H12.2CNO/c1-2-6-14-10-18-12-16-8-4-3-7-15(16)11-17(18)9-13(14)5-1;2*2-1-3/h1-12H;;/q;2*-1. The third-order valence-corrected chi connectivity index (χ3v) is 3.57. The van der Waals surface area contributed by atoms with E-state index in [4.69, 9.17) is 20.4 Å². The second kappa shape index (κ2) is 8.16. The van der Waals surface area contributed by atoms with E-state index in [1.54, 1.807) is 0 Å². The third-order valence-electron chi connectivity index (χ3n) is 3.57. The molecule has 0 aliphatic rings. The van der Waals surface area contributed by atoms with E-state index < -0.39 is 0 Å². The molecule has 0 amide bonds. The van der Waals surface area contributed by atoms with Crippen LogP contribution in [0, 0.1) is 0 Å². The van der Waals surface area contributed by atoms with Crippen molar-refractivity contribution >= 4 is 44.5 Å². The van der Waals surface area contributed by atoms with Crippen LogP contribution in [0.5, 0.6) is 0 Å². The molecule has 0 saturated carbocycles. The molecule has 0 heterocycles. The van der Waals surface area contributed by atoms with Crippen molar-refractivity contribution in [3.8, 4) is 0 Å². The maximum atomic E-state index is 8.24. The quantitative estimate of drug-likeness (QED) is 0.262. The van der Waals surface area contributed by atoms with Gasteiger partial charge in [0.05, 0.1) is 0 Å². The lowest BCUT2D eigenvalue weighted by Crippen LogP contribution is -1.78. The Morgan fingerprint density at radius 1 is 0.500 bits per heavy atom. The van der Waals surface area contributed by atoms with Crippen molar-refractivity contribution in [2.24, 2.45) is 0 Å². The van der Waals surface area contributed by atoms with Gasteiger partial charge in [-0.25, -0.2) is 0 Å². The van der Waals surface area contributed by atoms with Crippen LogP contribution in [0.4, 0.5) is 0 Å². The molecule has 116 valence electrons. The van der Waals surface area contributed by atoms with Gasteiger partial charge in [-0.3, -0.25) is 9.59 Å². The van der Waals surface area contributed by atoms with E-state index in [2.05, 4.69) is 72.8 Å². The van der Waals surface area contributed by atoms with E-state index in [1.807, 2.05) is 0 Å². The number of rotatable bonds is 0. The average Bonchev–Trinajstić information content (AvgIpc) is 2.59. The average molecular weight is 312 g/mol. The number of benzene rings is 4. The van der Waals surface area contributed by atoms with Crippen molar-refractivity contribution in [2.45, 2.75) is 0 Å². The molecule has 0 bridgehead atoms. The minimum absolute atomic E-state index is 0.500. The molecule has 4 heteroatoms. The number of hydrogen-bond acceptors (Lipinski definition) is 2. The van der Waals surface area contributed by atoms with Crippen LogP contribution in [0.1, 0.15) is 0 Å². The zero-order valence-corrected chi connectivity index (χ0v) is 12.6. The van der Waals surface area contributed by atoms with Crippen molar-refractivity contribution in [3.05, 3.63) is 83.6 Å². The van der Waals surface area contributed by atoms with Crippen molar-refractivity contribution in [1.82, 2.24) is 0 Å². The molecule has 0 aromatic heterocycles. The summed E-state index contributed by atoms with van der Waals surface area (Å²) in [7, 11) is 0. The van der Waals surface area contributed by atoms with Gasteiger partial charge in [0.1, 0.15) is 0 Å². The molecule has 24 heavy (non-hydrogen) atoms. The molecular formula is C20H12N2O2-2. The van der Waals surface area contributed by atoms with E-state index in [9.17, 15) is 0 Å². The summed E-state index contributed by atoms with van der Waals surface area (Å²) >= 11 is 0. The van der Waals surface area contributed by atoms with Gasteiger partial charge in [0.2, 0.25) is 0 Å². The molecule has 4 aromatic rings. The summed E-state index contributed by atoms with van der Waals surface area (Å²) in [6, 6.07) is 26.2. The highest BCUT2D eigenvalue weighted by Gasteiger charge is 2.00. The summed E-state index contributed by atoms with van der Waals surface area (Å²) in [5.74, 6) is 0. The van der Waals surface area contributed by atoms with Crippen molar-refractivity contribution in [3.63, 3.8) is 0 Å². The van der Waals surface area contributed by atoms with E-state index in [0.717, 1.165) is 0 Å². The first-order chi connectivity index (χ1) is 11.7. The maximum absolute atomic E-state index is 8.24. The van der Waals surface area contributed by atoms with Crippen LogP contribution < -0.4 is 0 Å². The monoisotopic (exact) mass is 312 g/mol. The fourth-order valence-corrected chi connectivity index (χ4v) is 2.63. The Hall–Kier alpha value is -3.58. The molecule has 0 aliphatic heterocycles. The van der Waals surface area contributed by atoms with Crippen LogP contribution in [0.3, 0.4) is 0 Å². The van der Waals surface area contributed by atoms with Crippen LogP contribution in [0.15, 0.2) is 72.8 Å². The van der Waals surface area contributed by atoms with Gasteiger partial charge in [-0.1, -0.05) is 48.5 Å². The predicted octanol–water partition coefficient (Wildman–Crippen LogP) is 4.93. The lowest BCUT2D eigenvalue weighted by atomic mass is 10.00. The first-order valence-corrected chi connectivity index (χ1v) is 7.07. The highest BCUT2D eigenvalue weighted by atomic mass is 16.1. The lowest BCUT2D eigenvalue weighted by Gasteiger charge is -2.04. The van der Waals surface area contributed by atoms with Gasteiger partial charge in [-0.05, 0) is 68.7 Å². The predicted molar refractivity (Wildman–Crippen MR) is 97.1 cm³/mol. The summed E-state index contributed by atoms with van der Waals surface area (Å²) < 4.78 is 0. The number of carbonyl (C=O) groups excluding carboxylic acids is 2. The fraction of sp³-hybridized carbons (Fsp3) is 0. The number of isocyanates is 2. The van der Waals surface area contributed by atoms with E-state index in [1.165, 1.54) is 32.3 Å². The normalized spacial score (nSPS) is 9.17. The van der Waals surface area contributed by atoms with Gasteiger partial charge >= 0.3 is 0 Å². The zero-order valence-electron chi connectivity index (χ0n) is 12.6. The Kier molecular flexibility index (Phi) is 5.71. The molecule has 0 unspecified atom stereocenters. The molecule has 0 spiro atoms. The van der Waals surface area contributed by atoms with Gasteiger partial charge in [0.15, 0.2) is 0 Å². The second-order valence-corrected chi connectivity index (χ2v) is 4.93. The Morgan fingerprint density at radius 2 is 0.708 bits per heavy atom. The molecule has 0 aliphatic carbocycles. The van der Waals surface area contributed by atoms with Crippen molar-refractivity contribution in [2.75, 3.05) is 0 Å². The largest absolute Gasteiger partial charge is 0.724 e. The van der Waals surface area contributed by atoms with Gasteiger partial charge in [-0.2, -0.15) is 0 Å². The fourth-order valence-electron chi connectivity index (χ4n) is 2.63. The Labute approximate surface area is 138 Å². The van der Waals surface area contributed by atoms with Gasteiger partial charge in [0.25, 0.3) is 0 Å². The Balaban J connectivity index is 0.000000308. The maximum Gasteiger partial charge on any atom is -0.0159 e. The van der Waals surface area contributed by atoms with E-state index in [0.29, 0.717) is 12.2 Å². The van der Waals surface area contributed by atoms with Crippen molar-refractivity contribution in [1.29, 1.82) is 0 Å². The van der Waals surface area contributed by atoms with Crippen molar-refractivity contribution < 1.29 is 9.59 Å². The van der Waals surface area contributed by atoms with Gasteiger partial charge in [0, 0.05) is 0 Å². The minimum atomic E-state index is 0.500. The summed E-state index contributed by atoms with van der Waals surface area (Å²) in [6.45, 7) is 0. The van der Waals surface area contributed by atoms with Crippen LogP contribution in [0.25, 0.3) is 43.1 Å². The third kappa shape index (κ3) is 3.79. The SMILES string of the molecule is [N-]=C=O.[N-]=C=O.c1ccc2cc3cc4ccccc4cc3cc2c1. The Morgan fingerprint density at radius 3 is 0.917 bits per heavy atom. The van der Waals surface area contributed by atoms with Crippen LogP contribution in [-0.4, -0.2) is 12.2 Å². The smallest absolute Gasteiger partial charge is 0.0159 e. The molecule has 0 N–H and O–H groups in total.